The molecule has 1 aromatic carbocycles. The first-order valence-corrected chi connectivity index (χ1v) is 14.6. The van der Waals surface area contributed by atoms with Gasteiger partial charge in [0.15, 0.2) is 0 Å². The molecule has 1 aromatic rings. The van der Waals surface area contributed by atoms with Gasteiger partial charge in [-0.1, -0.05) is 69.3 Å². The lowest BCUT2D eigenvalue weighted by atomic mass is 9.66. The van der Waals surface area contributed by atoms with Gasteiger partial charge in [0.2, 0.25) is 11.8 Å². The van der Waals surface area contributed by atoms with Crippen molar-refractivity contribution >= 4 is 29.5 Å². The number of benzene rings is 1. The standard InChI is InChI=1S/C30H40N2O5S/c1-5-8-15-31(14-6-2)28(35)26-30-20(4)17-23(38-30)24(29(36)37-16-7-3)25(30)27(34)32(26)22(19-33)18-21-12-10-9-11-13-21/h6-7,9-13,20,22-26,33H,2-3,5,8,14-19H2,1,4H3/t20?,22-,23-,24+,25+,26?,30?/m1/s1. The quantitative estimate of drug-likeness (QED) is 0.305. The minimum Gasteiger partial charge on any atom is -0.461 e. The molecule has 4 rings (SSSR count). The normalized spacial score (nSPS) is 30.1. The molecule has 1 spiro atoms. The number of carbonyl (C=O) groups is 3. The van der Waals surface area contributed by atoms with Crippen molar-refractivity contribution in [2.75, 3.05) is 26.3 Å². The van der Waals surface area contributed by atoms with E-state index in [-0.39, 0.29) is 36.2 Å². The molecular formula is C30H40N2O5S. The minimum atomic E-state index is -0.778. The molecule has 0 saturated carbocycles. The molecular weight excluding hydrogens is 500 g/mol. The fourth-order valence-electron chi connectivity index (χ4n) is 6.74. The molecule has 3 aliphatic heterocycles. The zero-order valence-electron chi connectivity index (χ0n) is 22.5. The van der Waals surface area contributed by atoms with Crippen LogP contribution in [0.5, 0.6) is 0 Å². The van der Waals surface area contributed by atoms with Gasteiger partial charge in [0, 0.05) is 18.3 Å². The maximum absolute atomic E-state index is 14.4. The first-order valence-electron chi connectivity index (χ1n) is 13.7. The van der Waals surface area contributed by atoms with E-state index in [1.165, 1.54) is 6.08 Å². The second-order valence-corrected chi connectivity index (χ2v) is 12.2. The van der Waals surface area contributed by atoms with Gasteiger partial charge >= 0.3 is 5.97 Å². The average Bonchev–Trinajstić information content (AvgIpc) is 3.52. The number of nitrogens with zero attached hydrogens (tertiary/aromatic N) is 2. The van der Waals surface area contributed by atoms with Crippen molar-refractivity contribution in [3.63, 3.8) is 0 Å². The predicted molar refractivity (Wildman–Crippen MR) is 149 cm³/mol. The van der Waals surface area contributed by atoms with E-state index in [4.69, 9.17) is 4.74 Å². The third-order valence-corrected chi connectivity index (χ3v) is 10.5. The topological polar surface area (TPSA) is 87.1 Å². The van der Waals surface area contributed by atoms with Crippen molar-refractivity contribution in [3.05, 3.63) is 61.2 Å². The van der Waals surface area contributed by atoms with E-state index in [1.807, 2.05) is 30.3 Å². The Labute approximate surface area is 230 Å². The summed E-state index contributed by atoms with van der Waals surface area (Å²) in [6, 6.07) is 8.32. The lowest BCUT2D eigenvalue weighted by Crippen LogP contribution is -2.59. The largest absolute Gasteiger partial charge is 0.461 e. The number of thioether (sulfide) groups is 1. The van der Waals surface area contributed by atoms with Crippen LogP contribution in [0.2, 0.25) is 0 Å². The number of hydrogen-bond acceptors (Lipinski definition) is 6. The monoisotopic (exact) mass is 540 g/mol. The van der Waals surface area contributed by atoms with Crippen LogP contribution in [-0.4, -0.2) is 81.1 Å². The second kappa shape index (κ2) is 12.1. The Bertz CT molecular complexity index is 1050. The van der Waals surface area contributed by atoms with E-state index in [1.54, 1.807) is 27.6 Å². The van der Waals surface area contributed by atoms with E-state index >= 15 is 0 Å². The molecule has 2 bridgehead atoms. The number of likely N-dealkylation sites (tertiary alicyclic amines) is 1. The number of esters is 1. The molecule has 2 amide bonds. The molecule has 0 aromatic heterocycles. The van der Waals surface area contributed by atoms with Crippen LogP contribution in [0.3, 0.4) is 0 Å². The first-order chi connectivity index (χ1) is 18.3. The lowest BCUT2D eigenvalue weighted by molar-refractivity contribution is -0.154. The third-order valence-electron chi connectivity index (χ3n) is 8.39. The van der Waals surface area contributed by atoms with Crippen LogP contribution in [0.1, 0.15) is 38.7 Å². The molecule has 3 aliphatic rings. The number of carbonyl (C=O) groups excluding carboxylic acids is 3. The van der Waals surface area contributed by atoms with Gasteiger partial charge in [-0.3, -0.25) is 14.4 Å². The van der Waals surface area contributed by atoms with Gasteiger partial charge in [-0.25, -0.2) is 0 Å². The molecule has 38 heavy (non-hydrogen) atoms. The Morgan fingerprint density at radius 1 is 1.29 bits per heavy atom. The predicted octanol–water partition coefficient (Wildman–Crippen LogP) is 3.47. The van der Waals surface area contributed by atoms with Crippen molar-refractivity contribution in [1.29, 1.82) is 0 Å². The molecule has 0 radical (unpaired) electrons. The summed E-state index contributed by atoms with van der Waals surface area (Å²) >= 11 is 1.62. The van der Waals surface area contributed by atoms with Crippen LogP contribution in [0.15, 0.2) is 55.6 Å². The molecule has 3 fully saturated rings. The molecule has 3 heterocycles. The van der Waals surface area contributed by atoms with E-state index in [0.29, 0.717) is 19.5 Å². The van der Waals surface area contributed by atoms with Gasteiger partial charge in [0.05, 0.1) is 29.2 Å². The van der Waals surface area contributed by atoms with Gasteiger partial charge < -0.3 is 19.6 Å². The van der Waals surface area contributed by atoms with Crippen molar-refractivity contribution in [2.24, 2.45) is 17.8 Å². The van der Waals surface area contributed by atoms with Crippen LogP contribution >= 0.6 is 11.8 Å². The second-order valence-electron chi connectivity index (χ2n) is 10.7. The van der Waals surface area contributed by atoms with Crippen molar-refractivity contribution in [1.82, 2.24) is 9.80 Å². The van der Waals surface area contributed by atoms with Crippen LogP contribution in [0, 0.1) is 17.8 Å². The maximum Gasteiger partial charge on any atom is 0.311 e. The van der Waals surface area contributed by atoms with Crippen molar-refractivity contribution < 1.29 is 24.2 Å². The minimum absolute atomic E-state index is 0.0432. The Morgan fingerprint density at radius 2 is 2.03 bits per heavy atom. The Morgan fingerprint density at radius 3 is 2.66 bits per heavy atom. The van der Waals surface area contributed by atoms with E-state index < -0.39 is 34.6 Å². The van der Waals surface area contributed by atoms with E-state index in [2.05, 4.69) is 27.0 Å². The lowest BCUT2D eigenvalue weighted by Gasteiger charge is -2.42. The average molecular weight is 541 g/mol. The van der Waals surface area contributed by atoms with E-state index in [9.17, 15) is 19.5 Å². The number of hydrogen-bond donors (Lipinski definition) is 1. The Balaban J connectivity index is 1.79. The molecule has 7 nitrogen and oxygen atoms in total. The summed E-state index contributed by atoms with van der Waals surface area (Å²) in [5.74, 6) is -2.00. The zero-order valence-corrected chi connectivity index (χ0v) is 23.3. The van der Waals surface area contributed by atoms with Crippen molar-refractivity contribution in [2.45, 2.75) is 61.6 Å². The summed E-state index contributed by atoms with van der Waals surface area (Å²) in [6.07, 6.45) is 6.16. The van der Waals surface area contributed by atoms with Gasteiger partial charge in [0.1, 0.15) is 12.6 Å². The van der Waals surface area contributed by atoms with Crippen LogP contribution in [0.25, 0.3) is 0 Å². The highest BCUT2D eigenvalue weighted by atomic mass is 32.2. The highest BCUT2D eigenvalue weighted by Crippen LogP contribution is 2.69. The number of aliphatic hydroxyl groups excluding tert-OH is 1. The Kier molecular flexibility index (Phi) is 9.04. The van der Waals surface area contributed by atoms with Crippen molar-refractivity contribution in [3.8, 4) is 0 Å². The zero-order chi connectivity index (χ0) is 27.4. The molecule has 0 aliphatic carbocycles. The number of amides is 2. The fourth-order valence-corrected chi connectivity index (χ4v) is 9.13. The molecule has 206 valence electrons. The molecule has 3 unspecified atom stereocenters. The van der Waals surface area contributed by atoms with Crippen LogP contribution in [0.4, 0.5) is 0 Å². The number of rotatable bonds is 13. The first kappa shape index (κ1) is 28.4. The third kappa shape index (κ3) is 4.81. The van der Waals surface area contributed by atoms with Gasteiger partial charge in [-0.15, -0.1) is 18.3 Å². The van der Waals surface area contributed by atoms with Gasteiger partial charge in [-0.2, -0.15) is 0 Å². The molecule has 1 N–H and O–H groups in total. The summed E-state index contributed by atoms with van der Waals surface area (Å²) < 4.78 is 4.71. The fraction of sp³-hybridized carbons (Fsp3) is 0.567. The smallest absolute Gasteiger partial charge is 0.311 e. The van der Waals surface area contributed by atoms with Gasteiger partial charge in [-0.05, 0) is 30.7 Å². The number of aliphatic hydroxyl groups is 1. The molecule has 3 saturated heterocycles. The summed E-state index contributed by atoms with van der Waals surface area (Å²) in [5, 5.41) is 10.5. The SMILES string of the molecule is C=CCOC(=O)[C@@H]1[C@H]2C(=O)N([C@@H](CO)Cc3ccccc3)C(C(=O)N(CC=C)CCCC)C23S[C@@H]1CC3C. The highest BCUT2D eigenvalue weighted by Gasteiger charge is 2.77. The summed E-state index contributed by atoms with van der Waals surface area (Å²) in [6.45, 7) is 12.4. The van der Waals surface area contributed by atoms with Crippen LogP contribution in [-0.2, 0) is 25.5 Å². The Hall–Kier alpha value is -2.58. The molecule has 7 atom stereocenters. The van der Waals surface area contributed by atoms with Crippen LogP contribution < -0.4 is 0 Å². The number of unbranched alkanes of at least 4 members (excludes halogenated alkanes) is 1. The van der Waals surface area contributed by atoms with Gasteiger partial charge in [0.25, 0.3) is 0 Å². The maximum atomic E-state index is 14.4. The number of ether oxygens (including phenoxy) is 1. The highest BCUT2D eigenvalue weighted by molar-refractivity contribution is 8.02. The summed E-state index contributed by atoms with van der Waals surface area (Å²) in [5.41, 5.74) is 0.973. The summed E-state index contributed by atoms with van der Waals surface area (Å²) in [4.78, 5) is 45.5. The molecule has 8 heteroatoms. The number of fused-ring (bicyclic) bond motifs is 1. The summed E-state index contributed by atoms with van der Waals surface area (Å²) in [7, 11) is 0. The van der Waals surface area contributed by atoms with E-state index in [0.717, 1.165) is 24.8 Å².